The summed E-state index contributed by atoms with van der Waals surface area (Å²) in [5, 5.41) is 10.8. The molecule has 1 saturated heterocycles. The number of benzene rings is 1. The van der Waals surface area contributed by atoms with Crippen molar-refractivity contribution in [3.8, 4) is 0 Å². The lowest BCUT2D eigenvalue weighted by molar-refractivity contribution is -0.383. The van der Waals surface area contributed by atoms with Gasteiger partial charge in [0.15, 0.2) is 0 Å². The molecule has 5 heteroatoms. The van der Waals surface area contributed by atoms with Crippen molar-refractivity contribution in [2.45, 2.75) is 38.6 Å². The molecule has 2 aliphatic rings. The Morgan fingerprint density at radius 1 is 1.24 bits per heavy atom. The van der Waals surface area contributed by atoms with E-state index in [9.17, 15) is 10.1 Å². The molecule has 2 N–H and O–H groups in total. The molecule has 114 valence electrons. The number of nitro groups is 1. The lowest BCUT2D eigenvalue weighted by Crippen LogP contribution is -2.41. The van der Waals surface area contributed by atoms with Crippen molar-refractivity contribution in [2.24, 2.45) is 11.8 Å². The maximum Gasteiger partial charge on any atom is 0.292 e. The molecule has 1 saturated carbocycles. The molecule has 2 fully saturated rings. The third kappa shape index (κ3) is 3.18. The molecule has 2 atom stereocenters. The van der Waals surface area contributed by atoms with Gasteiger partial charge in [0.05, 0.1) is 4.92 Å². The molecule has 0 amide bonds. The van der Waals surface area contributed by atoms with E-state index in [1.807, 2.05) is 6.07 Å². The third-order valence-electron chi connectivity index (χ3n) is 5.07. The van der Waals surface area contributed by atoms with Crippen LogP contribution in [0.2, 0.25) is 0 Å². The topological polar surface area (TPSA) is 72.4 Å². The molecule has 21 heavy (non-hydrogen) atoms. The van der Waals surface area contributed by atoms with E-state index >= 15 is 0 Å². The smallest absolute Gasteiger partial charge is 0.292 e. The minimum Gasteiger partial charge on any atom is -0.393 e. The average Bonchev–Trinajstić information content (AvgIpc) is 2.47. The molecule has 1 aromatic carbocycles. The summed E-state index contributed by atoms with van der Waals surface area (Å²) >= 11 is 0. The number of piperidine rings is 1. The van der Waals surface area contributed by atoms with Crippen LogP contribution in [-0.2, 0) is 6.54 Å². The van der Waals surface area contributed by atoms with Crippen LogP contribution in [0.25, 0.3) is 0 Å². The number of hydrogen-bond acceptors (Lipinski definition) is 4. The zero-order valence-corrected chi connectivity index (χ0v) is 12.3. The van der Waals surface area contributed by atoms with Crippen LogP contribution in [-0.4, -0.2) is 22.9 Å². The van der Waals surface area contributed by atoms with Crippen molar-refractivity contribution in [1.82, 2.24) is 4.90 Å². The van der Waals surface area contributed by atoms with E-state index in [1.165, 1.54) is 44.7 Å². The van der Waals surface area contributed by atoms with Crippen molar-refractivity contribution >= 4 is 11.4 Å². The molecule has 1 aromatic rings. The van der Waals surface area contributed by atoms with E-state index in [-0.39, 0.29) is 11.4 Å². The van der Waals surface area contributed by atoms with Crippen LogP contribution in [0.4, 0.5) is 11.4 Å². The molecule has 0 radical (unpaired) electrons. The number of rotatable bonds is 3. The molecule has 0 bridgehead atoms. The molecule has 5 nitrogen and oxygen atoms in total. The molecule has 2 unspecified atom stereocenters. The molecule has 0 aromatic heterocycles. The molecule has 1 aliphatic carbocycles. The summed E-state index contributed by atoms with van der Waals surface area (Å²) < 4.78 is 0. The summed E-state index contributed by atoms with van der Waals surface area (Å²) in [4.78, 5) is 12.9. The fraction of sp³-hybridized carbons (Fsp3) is 0.625. The Bertz CT molecular complexity index is 532. The summed E-state index contributed by atoms with van der Waals surface area (Å²) in [6.07, 6.45) is 6.85. The number of fused-ring (bicyclic) bond motifs is 1. The lowest BCUT2D eigenvalue weighted by atomic mass is 9.75. The highest BCUT2D eigenvalue weighted by molar-refractivity contribution is 5.59. The number of nitrogen functional groups attached to an aromatic ring is 1. The first-order chi connectivity index (χ1) is 10.1. The fourth-order valence-electron chi connectivity index (χ4n) is 3.95. The summed E-state index contributed by atoms with van der Waals surface area (Å²) in [6.45, 7) is 3.16. The fourth-order valence-corrected chi connectivity index (χ4v) is 3.95. The maximum atomic E-state index is 10.8. The van der Waals surface area contributed by atoms with Crippen molar-refractivity contribution in [2.75, 3.05) is 18.8 Å². The van der Waals surface area contributed by atoms with Gasteiger partial charge < -0.3 is 5.73 Å². The second kappa shape index (κ2) is 6.02. The number of hydrogen-bond donors (Lipinski definition) is 1. The lowest BCUT2D eigenvalue weighted by Gasteiger charge is -2.41. The van der Waals surface area contributed by atoms with E-state index in [4.69, 9.17) is 5.73 Å². The van der Waals surface area contributed by atoms with Gasteiger partial charge in [0, 0.05) is 19.2 Å². The molecule has 0 spiro atoms. The third-order valence-corrected chi connectivity index (χ3v) is 5.07. The normalized spacial score (nSPS) is 26.3. The van der Waals surface area contributed by atoms with Crippen LogP contribution in [0.3, 0.4) is 0 Å². The van der Waals surface area contributed by atoms with Gasteiger partial charge in [-0.2, -0.15) is 0 Å². The predicted octanol–water partition coefficient (Wildman–Crippen LogP) is 3.19. The van der Waals surface area contributed by atoms with Gasteiger partial charge in [-0.1, -0.05) is 25.3 Å². The van der Waals surface area contributed by atoms with Crippen LogP contribution in [0.15, 0.2) is 18.2 Å². The van der Waals surface area contributed by atoms with Crippen molar-refractivity contribution in [1.29, 1.82) is 0 Å². The number of nitro benzene ring substituents is 1. The minimum atomic E-state index is -0.424. The first kappa shape index (κ1) is 14.3. The van der Waals surface area contributed by atoms with Gasteiger partial charge in [0.25, 0.3) is 5.69 Å². The van der Waals surface area contributed by atoms with E-state index in [0.29, 0.717) is 0 Å². The van der Waals surface area contributed by atoms with Crippen molar-refractivity contribution < 1.29 is 4.92 Å². The van der Waals surface area contributed by atoms with Gasteiger partial charge in [0.2, 0.25) is 0 Å². The van der Waals surface area contributed by atoms with Crippen LogP contribution >= 0.6 is 0 Å². The Hall–Kier alpha value is -1.62. The SMILES string of the molecule is Nc1cc(CN2CCC3CCCCC3C2)ccc1[N+](=O)[O-]. The monoisotopic (exact) mass is 289 g/mol. The molecular weight excluding hydrogens is 266 g/mol. The highest BCUT2D eigenvalue weighted by Crippen LogP contribution is 2.36. The predicted molar refractivity (Wildman–Crippen MR) is 82.9 cm³/mol. The second-order valence-electron chi connectivity index (χ2n) is 6.48. The number of nitrogens with two attached hydrogens (primary N) is 1. The summed E-state index contributed by atoms with van der Waals surface area (Å²) in [7, 11) is 0. The van der Waals surface area contributed by atoms with E-state index in [1.54, 1.807) is 6.07 Å². The largest absolute Gasteiger partial charge is 0.393 e. The van der Waals surface area contributed by atoms with E-state index < -0.39 is 4.92 Å². The number of anilines is 1. The molecule has 1 aliphatic heterocycles. The van der Waals surface area contributed by atoms with Gasteiger partial charge in [-0.05, 0) is 42.9 Å². The highest BCUT2D eigenvalue weighted by atomic mass is 16.6. The second-order valence-corrected chi connectivity index (χ2v) is 6.48. The Morgan fingerprint density at radius 3 is 2.71 bits per heavy atom. The first-order valence-electron chi connectivity index (χ1n) is 7.88. The molecule has 1 heterocycles. The Labute approximate surface area is 125 Å². The summed E-state index contributed by atoms with van der Waals surface area (Å²) in [6, 6.07) is 5.12. The first-order valence-corrected chi connectivity index (χ1v) is 7.88. The average molecular weight is 289 g/mol. The maximum absolute atomic E-state index is 10.8. The van der Waals surface area contributed by atoms with Gasteiger partial charge in [-0.25, -0.2) is 0 Å². The number of likely N-dealkylation sites (tertiary alicyclic amines) is 1. The van der Waals surface area contributed by atoms with Crippen molar-refractivity contribution in [3.63, 3.8) is 0 Å². The Morgan fingerprint density at radius 2 is 2.00 bits per heavy atom. The van der Waals surface area contributed by atoms with Crippen LogP contribution in [0.5, 0.6) is 0 Å². The van der Waals surface area contributed by atoms with Gasteiger partial charge in [-0.3, -0.25) is 15.0 Å². The van der Waals surface area contributed by atoms with Crippen molar-refractivity contribution in [3.05, 3.63) is 33.9 Å². The molecular formula is C16H23N3O2. The Balaban J connectivity index is 1.64. The van der Waals surface area contributed by atoms with E-state index in [2.05, 4.69) is 4.90 Å². The van der Waals surface area contributed by atoms with Crippen LogP contribution in [0.1, 0.15) is 37.7 Å². The van der Waals surface area contributed by atoms with Gasteiger partial charge >= 0.3 is 0 Å². The van der Waals surface area contributed by atoms with Gasteiger partial charge in [0.1, 0.15) is 5.69 Å². The zero-order valence-electron chi connectivity index (χ0n) is 12.3. The standard InChI is InChI=1S/C16H23N3O2/c17-15-9-12(5-6-16(15)19(20)21)10-18-8-7-13-3-1-2-4-14(13)11-18/h5-6,9,13-14H,1-4,7-8,10-11,17H2. The number of nitrogens with zero attached hydrogens (tertiary/aromatic N) is 2. The summed E-state index contributed by atoms with van der Waals surface area (Å²) in [5.74, 6) is 1.78. The Kier molecular flexibility index (Phi) is 4.10. The molecule has 3 rings (SSSR count). The van der Waals surface area contributed by atoms with Crippen LogP contribution in [0, 0.1) is 22.0 Å². The quantitative estimate of drug-likeness (QED) is 0.527. The highest BCUT2D eigenvalue weighted by Gasteiger charge is 2.30. The minimum absolute atomic E-state index is 0.00439. The summed E-state index contributed by atoms with van der Waals surface area (Å²) in [5.41, 5.74) is 7.12. The zero-order chi connectivity index (χ0) is 14.8. The van der Waals surface area contributed by atoms with Crippen LogP contribution < -0.4 is 5.73 Å². The van der Waals surface area contributed by atoms with E-state index in [0.717, 1.165) is 30.5 Å². The van der Waals surface area contributed by atoms with Gasteiger partial charge in [-0.15, -0.1) is 0 Å².